The monoisotopic (exact) mass is 429 g/mol. The Morgan fingerprint density at radius 2 is 1.88 bits per heavy atom. The Labute approximate surface area is 162 Å². The van der Waals surface area contributed by atoms with Crippen molar-refractivity contribution in [2.24, 2.45) is 0 Å². The van der Waals surface area contributed by atoms with Crippen molar-refractivity contribution in [3.05, 3.63) is 69.2 Å². The number of aryl methyl sites for hydroxylation is 1. The Morgan fingerprint density at radius 3 is 2.64 bits per heavy atom. The Bertz CT molecular complexity index is 1060. The molecule has 4 rings (SSSR count). The molecular formula is C19H13BrClN3S. The Hall–Kier alpha value is -1.95. The number of hydrogen-bond donors (Lipinski definition) is 1. The summed E-state index contributed by atoms with van der Waals surface area (Å²) in [5, 5.41) is 7.26. The lowest BCUT2D eigenvalue weighted by molar-refractivity contribution is 1.23. The molecule has 0 fully saturated rings. The zero-order valence-electron chi connectivity index (χ0n) is 13.3. The molecule has 4 aromatic rings. The van der Waals surface area contributed by atoms with Gasteiger partial charge in [-0.25, -0.2) is 9.97 Å². The molecule has 0 unspecified atom stereocenters. The van der Waals surface area contributed by atoms with Crippen molar-refractivity contribution in [3.8, 4) is 11.1 Å². The maximum Gasteiger partial charge on any atom is 0.143 e. The molecule has 6 heteroatoms. The van der Waals surface area contributed by atoms with Crippen LogP contribution in [0.4, 0.5) is 11.5 Å². The first-order chi connectivity index (χ1) is 12.1. The molecule has 0 aliphatic carbocycles. The number of fused-ring (bicyclic) bond motifs is 1. The highest BCUT2D eigenvalue weighted by molar-refractivity contribution is 9.10. The van der Waals surface area contributed by atoms with Gasteiger partial charge in [-0.15, -0.1) is 11.3 Å². The summed E-state index contributed by atoms with van der Waals surface area (Å²) in [6, 6.07) is 14.2. The first kappa shape index (κ1) is 16.5. The van der Waals surface area contributed by atoms with Crippen molar-refractivity contribution in [1.29, 1.82) is 0 Å². The van der Waals surface area contributed by atoms with Gasteiger partial charge >= 0.3 is 0 Å². The van der Waals surface area contributed by atoms with E-state index < -0.39 is 0 Å². The number of thiophene rings is 1. The van der Waals surface area contributed by atoms with E-state index >= 15 is 0 Å². The quantitative estimate of drug-likeness (QED) is 0.387. The average molecular weight is 431 g/mol. The second-order valence-electron chi connectivity index (χ2n) is 5.65. The van der Waals surface area contributed by atoms with Crippen LogP contribution in [0.25, 0.3) is 21.3 Å². The van der Waals surface area contributed by atoms with Crippen LogP contribution in [0.1, 0.15) is 5.56 Å². The maximum atomic E-state index is 6.24. The maximum absolute atomic E-state index is 6.24. The number of benzene rings is 2. The molecule has 0 amide bonds. The van der Waals surface area contributed by atoms with Gasteiger partial charge in [0.05, 0.1) is 5.39 Å². The number of rotatable bonds is 3. The molecule has 0 aliphatic heterocycles. The normalized spacial score (nSPS) is 11.0. The van der Waals surface area contributed by atoms with E-state index in [1.54, 1.807) is 17.7 Å². The van der Waals surface area contributed by atoms with E-state index in [1.807, 2.05) is 37.3 Å². The van der Waals surface area contributed by atoms with Crippen LogP contribution in [0.2, 0.25) is 5.02 Å². The van der Waals surface area contributed by atoms with Crippen LogP contribution in [0, 0.1) is 6.92 Å². The van der Waals surface area contributed by atoms with Crippen LogP contribution >= 0.6 is 38.9 Å². The lowest BCUT2D eigenvalue weighted by Gasteiger charge is -2.09. The second kappa shape index (κ2) is 6.75. The predicted molar refractivity (Wildman–Crippen MR) is 110 cm³/mol. The molecular weight excluding hydrogens is 418 g/mol. The SMILES string of the molecule is Cc1ccc(Nc2ncnc3scc(-c4ccc(Br)cc4)c23)cc1Cl. The largest absolute Gasteiger partial charge is 0.340 e. The molecule has 2 aromatic heterocycles. The van der Waals surface area contributed by atoms with E-state index in [-0.39, 0.29) is 0 Å². The summed E-state index contributed by atoms with van der Waals surface area (Å²) in [7, 11) is 0. The first-order valence-electron chi connectivity index (χ1n) is 7.63. The van der Waals surface area contributed by atoms with Gasteiger partial charge in [-0.2, -0.15) is 0 Å². The molecule has 0 saturated carbocycles. The summed E-state index contributed by atoms with van der Waals surface area (Å²) in [4.78, 5) is 9.83. The summed E-state index contributed by atoms with van der Waals surface area (Å²) in [6.45, 7) is 1.99. The fraction of sp³-hybridized carbons (Fsp3) is 0.0526. The van der Waals surface area contributed by atoms with Gasteiger partial charge in [0.15, 0.2) is 0 Å². The van der Waals surface area contributed by atoms with E-state index in [0.717, 1.165) is 47.9 Å². The third-order valence-corrected chi connectivity index (χ3v) is 5.78. The van der Waals surface area contributed by atoms with Crippen LogP contribution in [0.5, 0.6) is 0 Å². The lowest BCUT2D eigenvalue weighted by atomic mass is 10.1. The topological polar surface area (TPSA) is 37.8 Å². The number of hydrogen-bond acceptors (Lipinski definition) is 4. The molecule has 124 valence electrons. The third kappa shape index (κ3) is 3.27. The van der Waals surface area contributed by atoms with E-state index in [0.29, 0.717) is 0 Å². The van der Waals surface area contributed by atoms with Crippen molar-refractivity contribution in [3.63, 3.8) is 0 Å². The van der Waals surface area contributed by atoms with Crippen molar-refractivity contribution in [1.82, 2.24) is 9.97 Å². The summed E-state index contributed by atoms with van der Waals surface area (Å²) in [5.41, 5.74) is 4.21. The van der Waals surface area contributed by atoms with Gasteiger partial charge in [0.2, 0.25) is 0 Å². The molecule has 0 spiro atoms. The minimum absolute atomic E-state index is 0.730. The summed E-state index contributed by atoms with van der Waals surface area (Å²) >= 11 is 11.3. The molecule has 0 bridgehead atoms. The highest BCUT2D eigenvalue weighted by Crippen LogP contribution is 2.38. The van der Waals surface area contributed by atoms with Gasteiger partial charge in [-0.3, -0.25) is 0 Å². The smallest absolute Gasteiger partial charge is 0.143 e. The van der Waals surface area contributed by atoms with E-state index in [9.17, 15) is 0 Å². The Morgan fingerprint density at radius 1 is 1.08 bits per heavy atom. The molecule has 2 aromatic carbocycles. The van der Waals surface area contributed by atoms with Gasteiger partial charge in [-0.1, -0.05) is 45.7 Å². The fourth-order valence-electron chi connectivity index (χ4n) is 2.62. The zero-order chi connectivity index (χ0) is 17.4. The third-order valence-electron chi connectivity index (χ3n) is 3.96. The lowest BCUT2D eigenvalue weighted by Crippen LogP contribution is -1.96. The van der Waals surface area contributed by atoms with Crippen molar-refractivity contribution in [2.45, 2.75) is 6.92 Å². The molecule has 25 heavy (non-hydrogen) atoms. The Kier molecular flexibility index (Phi) is 4.46. The molecule has 3 nitrogen and oxygen atoms in total. The van der Waals surface area contributed by atoms with Gasteiger partial charge in [-0.05, 0) is 42.3 Å². The van der Waals surface area contributed by atoms with E-state index in [2.05, 4.69) is 48.7 Å². The minimum Gasteiger partial charge on any atom is -0.340 e. The molecule has 0 aliphatic rings. The van der Waals surface area contributed by atoms with Gasteiger partial charge in [0.25, 0.3) is 0 Å². The summed E-state index contributed by atoms with van der Waals surface area (Å²) < 4.78 is 1.06. The predicted octanol–water partition coefficient (Wildman–Crippen LogP) is 6.83. The minimum atomic E-state index is 0.730. The highest BCUT2D eigenvalue weighted by Gasteiger charge is 2.13. The number of halogens is 2. The standard InChI is InChI=1S/C19H13BrClN3S/c1-11-2-7-14(8-16(11)21)24-18-17-15(9-25-19(17)23-10-22-18)12-3-5-13(20)6-4-12/h2-10H,1H3,(H,22,23,24). The van der Waals surface area contributed by atoms with Crippen molar-refractivity contribution in [2.75, 3.05) is 5.32 Å². The molecule has 2 heterocycles. The summed E-state index contributed by atoms with van der Waals surface area (Å²) in [5.74, 6) is 0.782. The first-order valence-corrected chi connectivity index (χ1v) is 9.68. The number of nitrogens with one attached hydrogen (secondary N) is 1. The van der Waals surface area contributed by atoms with Crippen molar-refractivity contribution < 1.29 is 0 Å². The number of nitrogens with zero attached hydrogens (tertiary/aromatic N) is 2. The molecule has 0 atom stereocenters. The van der Waals surface area contributed by atoms with Crippen molar-refractivity contribution >= 4 is 60.6 Å². The molecule has 0 radical (unpaired) electrons. The number of anilines is 2. The zero-order valence-corrected chi connectivity index (χ0v) is 16.4. The summed E-state index contributed by atoms with van der Waals surface area (Å²) in [6.07, 6.45) is 1.59. The number of aromatic nitrogens is 2. The van der Waals surface area contributed by atoms with Crippen LogP contribution < -0.4 is 5.32 Å². The van der Waals surface area contributed by atoms with Gasteiger partial charge in [0.1, 0.15) is 17.0 Å². The van der Waals surface area contributed by atoms with Gasteiger partial charge in [0, 0.05) is 26.1 Å². The second-order valence-corrected chi connectivity index (χ2v) is 7.83. The fourth-order valence-corrected chi connectivity index (χ4v) is 3.98. The van der Waals surface area contributed by atoms with E-state index in [1.165, 1.54) is 0 Å². The van der Waals surface area contributed by atoms with E-state index in [4.69, 9.17) is 11.6 Å². The van der Waals surface area contributed by atoms with Crippen LogP contribution in [-0.2, 0) is 0 Å². The highest BCUT2D eigenvalue weighted by atomic mass is 79.9. The van der Waals surface area contributed by atoms with Crippen LogP contribution in [0.3, 0.4) is 0 Å². The van der Waals surface area contributed by atoms with Crippen LogP contribution in [0.15, 0.2) is 58.6 Å². The van der Waals surface area contributed by atoms with Gasteiger partial charge < -0.3 is 5.32 Å². The average Bonchev–Trinajstić information content (AvgIpc) is 3.04. The Balaban J connectivity index is 1.82. The molecule has 1 N–H and O–H groups in total. The molecule has 0 saturated heterocycles. The van der Waals surface area contributed by atoms with Crippen LogP contribution in [-0.4, -0.2) is 9.97 Å².